The van der Waals surface area contributed by atoms with Gasteiger partial charge in [-0.15, -0.1) is 15.3 Å². The third-order valence-electron chi connectivity index (χ3n) is 4.88. The predicted molar refractivity (Wildman–Crippen MR) is 108 cm³/mol. The maximum absolute atomic E-state index is 14.9. The number of nitrogens with zero attached hydrogens (tertiary/aromatic N) is 7. The van der Waals surface area contributed by atoms with Crippen molar-refractivity contribution >= 4 is 17.0 Å². The summed E-state index contributed by atoms with van der Waals surface area (Å²) in [5.74, 6) is -4.54. The number of aromatic nitrogens is 7. The van der Waals surface area contributed by atoms with Crippen LogP contribution in [0.1, 0.15) is 20.6 Å². The van der Waals surface area contributed by atoms with Gasteiger partial charge in [0, 0.05) is 18.2 Å². The normalized spacial score (nSPS) is 13.0. The summed E-state index contributed by atoms with van der Waals surface area (Å²) in [4.78, 5) is 4.23. The second-order valence-electron chi connectivity index (χ2n) is 6.93. The van der Waals surface area contributed by atoms with E-state index in [1.807, 2.05) is 0 Å². The van der Waals surface area contributed by atoms with Gasteiger partial charge in [0.25, 0.3) is 11.8 Å². The van der Waals surface area contributed by atoms with Gasteiger partial charge in [0.1, 0.15) is 5.69 Å². The number of nitrogens with two attached hydrogens (primary N) is 1. The van der Waals surface area contributed by atoms with Crippen molar-refractivity contribution in [2.24, 2.45) is 7.05 Å². The fraction of sp³-hybridized carbons (Fsp3) is 0.150. The van der Waals surface area contributed by atoms with Crippen LogP contribution in [0.2, 0.25) is 0 Å². The lowest BCUT2D eigenvalue weighted by atomic mass is 10.1. The first kappa shape index (κ1) is 18.3. The number of rotatable bonds is 5. The lowest BCUT2D eigenvalue weighted by Gasteiger charge is -2.06. The maximum atomic E-state index is 14.9. The van der Waals surface area contributed by atoms with Gasteiger partial charge in [-0.1, -0.05) is 17.3 Å². The molecule has 0 aliphatic heterocycles. The molecule has 2 aromatic carbocycles. The van der Waals surface area contributed by atoms with Gasteiger partial charge in [0.15, 0.2) is 11.6 Å². The number of fused-ring (bicyclic) bond motifs is 1. The van der Waals surface area contributed by atoms with Gasteiger partial charge >= 0.3 is 6.43 Å². The molecule has 2 N–H and O–H groups in total. The molecule has 0 spiro atoms. The highest BCUT2D eigenvalue weighted by molar-refractivity contribution is 5.83. The van der Waals surface area contributed by atoms with Crippen molar-refractivity contribution in [3.05, 3.63) is 59.6 Å². The van der Waals surface area contributed by atoms with Gasteiger partial charge < -0.3 is 14.7 Å². The molecule has 5 rings (SSSR count). The van der Waals surface area contributed by atoms with Crippen LogP contribution in [0.25, 0.3) is 33.7 Å². The minimum Gasteiger partial charge on any atom is -0.415 e. The minimum atomic E-state index is -3.09. The lowest BCUT2D eigenvalue weighted by molar-refractivity contribution is 0.116. The van der Waals surface area contributed by atoms with Gasteiger partial charge in [-0.2, -0.15) is 8.78 Å². The smallest absolute Gasteiger partial charge is 0.314 e. The fourth-order valence-corrected chi connectivity index (χ4v) is 3.18. The fourth-order valence-electron chi connectivity index (χ4n) is 3.18. The predicted octanol–water partition coefficient (Wildman–Crippen LogP) is 3.73. The minimum absolute atomic E-state index is 0.253. The van der Waals surface area contributed by atoms with Crippen molar-refractivity contribution in [2.75, 3.05) is 5.73 Å². The van der Waals surface area contributed by atoms with E-state index in [9.17, 15) is 17.6 Å². The Morgan fingerprint density at radius 2 is 1.94 bits per heavy atom. The Kier molecular flexibility index (Phi) is 4.26. The Bertz CT molecular complexity index is 1580. The van der Waals surface area contributed by atoms with Crippen LogP contribution in [0.4, 0.5) is 23.5 Å². The molecule has 0 fully saturated rings. The number of halogens is 4. The number of aryl methyl sites for hydroxylation is 1. The van der Waals surface area contributed by atoms with E-state index < -0.39 is 47.5 Å². The molecular weight excluding hydrogens is 444 g/mol. The highest BCUT2D eigenvalue weighted by Crippen LogP contribution is 2.28. The molecule has 33 heavy (non-hydrogen) atoms. The van der Waals surface area contributed by atoms with E-state index in [1.54, 1.807) is 29.8 Å². The lowest BCUT2D eigenvalue weighted by Crippen LogP contribution is -2.05. The summed E-state index contributed by atoms with van der Waals surface area (Å²) in [6.45, 7) is -2.67. The van der Waals surface area contributed by atoms with Crippen LogP contribution in [0, 0.1) is 11.6 Å². The Hall–Kier alpha value is -4.29. The van der Waals surface area contributed by atoms with E-state index in [4.69, 9.17) is 8.48 Å². The van der Waals surface area contributed by atoms with Crippen LogP contribution in [0.5, 0.6) is 0 Å². The van der Waals surface area contributed by atoms with Crippen LogP contribution in [0.3, 0.4) is 0 Å². The zero-order valence-corrected chi connectivity index (χ0v) is 16.7. The molecule has 168 valence electrons. The monoisotopic (exact) mass is 460 g/mol. The van der Waals surface area contributed by atoms with E-state index in [1.165, 1.54) is 6.20 Å². The number of hydrogen-bond donors (Lipinski definition) is 1. The molecule has 0 aliphatic rings. The van der Waals surface area contributed by atoms with E-state index in [0.717, 1.165) is 22.3 Å². The quantitative estimate of drug-likeness (QED) is 0.398. The molecule has 0 aliphatic carbocycles. The van der Waals surface area contributed by atoms with Crippen molar-refractivity contribution in [2.45, 2.75) is 12.9 Å². The van der Waals surface area contributed by atoms with Crippen molar-refractivity contribution in [1.82, 2.24) is 34.7 Å². The molecule has 0 unspecified atom stereocenters. The number of nitrogen functional groups attached to an aromatic ring is 1. The first-order chi connectivity index (χ1) is 16.6. The summed E-state index contributed by atoms with van der Waals surface area (Å²) >= 11 is 0. The number of benzene rings is 2. The summed E-state index contributed by atoms with van der Waals surface area (Å²) in [5, 5.41) is 14.0. The Morgan fingerprint density at radius 1 is 1.12 bits per heavy atom. The summed E-state index contributed by atoms with van der Waals surface area (Å²) in [6, 6.07) is 7.03. The molecule has 5 aromatic rings. The highest BCUT2D eigenvalue weighted by Gasteiger charge is 2.22. The number of anilines is 1. The molecule has 0 saturated carbocycles. The maximum Gasteiger partial charge on any atom is 0.314 e. The van der Waals surface area contributed by atoms with Gasteiger partial charge in [0.2, 0.25) is 5.95 Å². The van der Waals surface area contributed by atoms with Crippen molar-refractivity contribution in [3.63, 3.8) is 0 Å². The van der Waals surface area contributed by atoms with Crippen LogP contribution >= 0.6 is 0 Å². The third-order valence-corrected chi connectivity index (χ3v) is 4.88. The number of alkyl halides is 2. The second-order valence-corrected chi connectivity index (χ2v) is 6.93. The first-order valence-corrected chi connectivity index (χ1v) is 9.33. The zero-order chi connectivity index (χ0) is 25.1. The highest BCUT2D eigenvalue weighted by atomic mass is 19.3. The third kappa shape index (κ3) is 3.56. The summed E-state index contributed by atoms with van der Waals surface area (Å²) < 4.78 is 78.8. The molecule has 9 nitrogen and oxygen atoms in total. The molecule has 0 bridgehead atoms. The average molecular weight is 460 g/mol. The summed E-state index contributed by atoms with van der Waals surface area (Å²) in [5.41, 5.74) is 6.66. The molecule has 0 saturated heterocycles. The van der Waals surface area contributed by atoms with E-state index >= 15 is 0 Å². The van der Waals surface area contributed by atoms with E-state index in [0.29, 0.717) is 17.0 Å². The SMILES string of the molecule is [2H]C([2H])(c1ccc(-c2nnc(C(F)F)o2)c(F)c1F)n1cc(-c2ccc3c(c2)nc(N)n3C)nn1. The van der Waals surface area contributed by atoms with E-state index in [2.05, 4.69) is 29.9 Å². The Labute approximate surface area is 185 Å². The topological polar surface area (TPSA) is 113 Å². The van der Waals surface area contributed by atoms with Gasteiger partial charge in [-0.05, 0) is 18.2 Å². The molecule has 3 aromatic heterocycles. The van der Waals surface area contributed by atoms with Crippen LogP contribution in [0.15, 0.2) is 40.9 Å². The zero-order valence-electron chi connectivity index (χ0n) is 18.7. The Morgan fingerprint density at radius 3 is 2.70 bits per heavy atom. The molecule has 3 heterocycles. The Balaban J connectivity index is 1.50. The summed E-state index contributed by atoms with van der Waals surface area (Å²) in [7, 11) is 1.75. The molecule has 0 radical (unpaired) electrons. The van der Waals surface area contributed by atoms with Crippen LogP contribution in [-0.2, 0) is 13.5 Å². The van der Waals surface area contributed by atoms with Crippen molar-refractivity contribution in [1.29, 1.82) is 0 Å². The van der Waals surface area contributed by atoms with Gasteiger partial charge in [-0.25, -0.2) is 18.4 Å². The summed E-state index contributed by atoms with van der Waals surface area (Å²) in [6.07, 6.45) is -1.86. The second kappa shape index (κ2) is 7.69. The molecule has 0 atom stereocenters. The molecular formula is C20H14F4N8O. The first-order valence-electron chi connectivity index (χ1n) is 10.3. The number of imidazole rings is 1. The largest absolute Gasteiger partial charge is 0.415 e. The van der Waals surface area contributed by atoms with Crippen molar-refractivity contribution in [3.8, 4) is 22.7 Å². The van der Waals surface area contributed by atoms with Gasteiger partial charge in [-0.3, -0.25) is 0 Å². The van der Waals surface area contributed by atoms with Gasteiger partial charge in [0.05, 0.1) is 32.0 Å². The molecule has 0 amide bonds. The molecule has 13 heteroatoms. The van der Waals surface area contributed by atoms with Crippen LogP contribution in [-0.4, -0.2) is 34.7 Å². The van der Waals surface area contributed by atoms with Crippen LogP contribution < -0.4 is 5.73 Å². The van der Waals surface area contributed by atoms with E-state index in [-0.39, 0.29) is 5.69 Å². The van der Waals surface area contributed by atoms with Crippen molar-refractivity contribution < 1.29 is 24.7 Å². The average Bonchev–Trinajstić information content (AvgIpc) is 3.55. The number of hydrogen-bond acceptors (Lipinski definition) is 7. The standard InChI is InChI=1S/C20H14F4N8O/c1-31-14-5-3-9(6-12(14)26-20(31)25)13-8-32(30-27-13)7-10-2-4-11(16(22)15(10)21)18-28-29-19(33-18)17(23)24/h2-6,8,17H,7H2,1H3,(H2,25,26)/i7D2.